The number of carbonyl (C=O) groups is 2. The molecule has 1 atom stereocenters. The van der Waals surface area contributed by atoms with Crippen LogP contribution in [-0.4, -0.2) is 22.6 Å². The number of hydrogen-bond acceptors (Lipinski definition) is 3. The third kappa shape index (κ3) is 2.43. The first-order chi connectivity index (χ1) is 7.06. The fourth-order valence-electron chi connectivity index (χ4n) is 1.12. The molecule has 80 valence electrons. The summed E-state index contributed by atoms with van der Waals surface area (Å²) in [6, 6.07) is 1.40. The molecular weight excluding hydrogens is 205 g/mol. The highest BCUT2D eigenvalue weighted by atomic mass is 19.1. The third-order valence-corrected chi connectivity index (χ3v) is 1.78. The first-order valence-electron chi connectivity index (χ1n) is 3.97. The van der Waals surface area contributed by atoms with Gasteiger partial charge in [-0.15, -0.1) is 0 Å². The number of phenolic OH excluding ortho intramolecular Hbond substituents is 1. The quantitative estimate of drug-likeness (QED) is 0.632. The van der Waals surface area contributed by atoms with Crippen molar-refractivity contribution in [1.29, 1.82) is 0 Å². The Morgan fingerprint density at radius 1 is 1.53 bits per heavy atom. The van der Waals surface area contributed by atoms with E-state index in [2.05, 4.69) is 0 Å². The number of carboxylic acids is 1. The van der Waals surface area contributed by atoms with Gasteiger partial charge >= 0.3 is 5.97 Å². The average molecular weight is 213 g/mol. The fraction of sp³-hybridized carbons (Fsp3) is 0.111. The maximum Gasteiger partial charge on any atom is 0.331 e. The molecule has 0 saturated carbocycles. The summed E-state index contributed by atoms with van der Waals surface area (Å²) in [7, 11) is 0. The van der Waals surface area contributed by atoms with Crippen molar-refractivity contribution >= 4 is 12.4 Å². The van der Waals surface area contributed by atoms with Crippen molar-refractivity contribution in [1.82, 2.24) is 5.32 Å². The number of phenols is 1. The van der Waals surface area contributed by atoms with Crippen LogP contribution in [0.2, 0.25) is 0 Å². The van der Waals surface area contributed by atoms with Gasteiger partial charge in [0, 0.05) is 5.56 Å². The molecule has 1 amide bonds. The van der Waals surface area contributed by atoms with Gasteiger partial charge < -0.3 is 15.5 Å². The molecule has 0 radical (unpaired) electrons. The Hall–Kier alpha value is -2.11. The van der Waals surface area contributed by atoms with E-state index in [1.165, 1.54) is 0 Å². The summed E-state index contributed by atoms with van der Waals surface area (Å²) in [4.78, 5) is 20.8. The minimum atomic E-state index is -1.46. The molecule has 1 aromatic carbocycles. The molecule has 0 aliphatic heterocycles. The molecule has 0 heterocycles. The maximum atomic E-state index is 12.8. The van der Waals surface area contributed by atoms with Crippen LogP contribution in [0, 0.1) is 5.82 Å². The van der Waals surface area contributed by atoms with Gasteiger partial charge in [-0.1, -0.05) is 0 Å². The van der Waals surface area contributed by atoms with Crippen LogP contribution in [0.15, 0.2) is 18.2 Å². The third-order valence-electron chi connectivity index (χ3n) is 1.78. The zero-order valence-electron chi connectivity index (χ0n) is 7.48. The number of rotatable bonds is 4. The van der Waals surface area contributed by atoms with E-state index in [1.54, 1.807) is 0 Å². The van der Waals surface area contributed by atoms with Crippen molar-refractivity contribution < 1.29 is 24.2 Å². The lowest BCUT2D eigenvalue weighted by Crippen LogP contribution is -2.27. The first kappa shape index (κ1) is 11.0. The second kappa shape index (κ2) is 4.41. The predicted octanol–water partition coefficient (Wildman–Crippen LogP) is 0.403. The van der Waals surface area contributed by atoms with E-state index in [0.717, 1.165) is 18.2 Å². The Labute approximate surface area is 84.2 Å². The standard InChI is InChI=1S/C9H8FNO4/c10-5-1-2-7(13)6(3-5)8(9(14)15)11-4-12/h1-4,8,13H,(H,11,12)(H,14,15). The molecule has 0 aliphatic carbocycles. The van der Waals surface area contributed by atoms with Gasteiger partial charge in [0.05, 0.1) is 0 Å². The zero-order chi connectivity index (χ0) is 11.4. The fourth-order valence-corrected chi connectivity index (χ4v) is 1.12. The van der Waals surface area contributed by atoms with Gasteiger partial charge in [-0.05, 0) is 18.2 Å². The van der Waals surface area contributed by atoms with Crippen LogP contribution in [0.5, 0.6) is 5.75 Å². The minimum absolute atomic E-state index is 0.170. The molecule has 0 fully saturated rings. The number of aliphatic carboxylic acids is 1. The van der Waals surface area contributed by atoms with E-state index >= 15 is 0 Å². The lowest BCUT2D eigenvalue weighted by molar-refractivity contribution is -0.140. The summed E-state index contributed by atoms with van der Waals surface area (Å²) >= 11 is 0. The summed E-state index contributed by atoms with van der Waals surface area (Å²) < 4.78 is 12.8. The summed E-state index contributed by atoms with van der Waals surface area (Å²) in [6.07, 6.45) is 0.170. The second-order valence-electron chi connectivity index (χ2n) is 2.76. The average Bonchev–Trinajstić information content (AvgIpc) is 2.18. The van der Waals surface area contributed by atoms with Gasteiger partial charge in [0.1, 0.15) is 11.6 Å². The van der Waals surface area contributed by atoms with Gasteiger partial charge in [0.15, 0.2) is 6.04 Å². The molecule has 0 spiro atoms. The molecule has 6 heteroatoms. The number of carbonyl (C=O) groups excluding carboxylic acids is 1. The second-order valence-corrected chi connectivity index (χ2v) is 2.76. The number of aromatic hydroxyl groups is 1. The molecule has 0 saturated heterocycles. The van der Waals surface area contributed by atoms with Crippen molar-refractivity contribution in [3.8, 4) is 5.75 Å². The Morgan fingerprint density at radius 3 is 2.73 bits per heavy atom. The van der Waals surface area contributed by atoms with E-state index in [-0.39, 0.29) is 12.0 Å². The van der Waals surface area contributed by atoms with Crippen molar-refractivity contribution in [2.45, 2.75) is 6.04 Å². The highest BCUT2D eigenvalue weighted by Gasteiger charge is 2.22. The summed E-state index contributed by atoms with van der Waals surface area (Å²) in [6.45, 7) is 0. The number of amides is 1. The first-order valence-corrected chi connectivity index (χ1v) is 3.97. The van der Waals surface area contributed by atoms with Crippen LogP contribution >= 0.6 is 0 Å². The van der Waals surface area contributed by atoms with Crippen molar-refractivity contribution in [3.63, 3.8) is 0 Å². The van der Waals surface area contributed by atoms with Crippen molar-refractivity contribution in [2.24, 2.45) is 0 Å². The Bertz CT molecular complexity index is 394. The molecule has 1 rings (SSSR count). The maximum absolute atomic E-state index is 12.8. The Kier molecular flexibility index (Phi) is 3.22. The summed E-state index contributed by atoms with van der Waals surface area (Å²) in [5, 5.41) is 20.0. The molecule has 1 unspecified atom stereocenters. The molecule has 0 aromatic heterocycles. The monoisotopic (exact) mass is 213 g/mol. The van der Waals surface area contributed by atoms with Crippen LogP contribution < -0.4 is 5.32 Å². The Morgan fingerprint density at radius 2 is 2.20 bits per heavy atom. The van der Waals surface area contributed by atoms with Crippen LogP contribution in [0.25, 0.3) is 0 Å². The van der Waals surface area contributed by atoms with Gasteiger partial charge in [-0.3, -0.25) is 4.79 Å². The minimum Gasteiger partial charge on any atom is -0.508 e. The van der Waals surface area contributed by atoms with E-state index in [1.807, 2.05) is 5.32 Å². The lowest BCUT2D eigenvalue weighted by Gasteiger charge is -2.12. The Balaban J connectivity index is 3.15. The SMILES string of the molecule is O=CNC(C(=O)O)c1cc(F)ccc1O. The van der Waals surface area contributed by atoms with Crippen LogP contribution in [0.4, 0.5) is 4.39 Å². The van der Waals surface area contributed by atoms with Gasteiger partial charge in [0.2, 0.25) is 6.41 Å². The molecule has 0 bridgehead atoms. The number of hydrogen-bond donors (Lipinski definition) is 3. The van der Waals surface area contributed by atoms with E-state index < -0.39 is 23.6 Å². The molecular formula is C9H8FNO4. The highest BCUT2D eigenvalue weighted by molar-refractivity contribution is 5.79. The van der Waals surface area contributed by atoms with E-state index in [9.17, 15) is 19.1 Å². The number of nitrogens with one attached hydrogen (secondary N) is 1. The molecule has 0 aliphatic rings. The lowest BCUT2D eigenvalue weighted by atomic mass is 10.1. The van der Waals surface area contributed by atoms with Crippen LogP contribution in [0.3, 0.4) is 0 Å². The van der Waals surface area contributed by atoms with Crippen molar-refractivity contribution in [3.05, 3.63) is 29.6 Å². The number of benzene rings is 1. The molecule has 5 nitrogen and oxygen atoms in total. The number of halogens is 1. The number of carboxylic acid groups (broad SMARTS) is 1. The van der Waals surface area contributed by atoms with Gasteiger partial charge in [0.25, 0.3) is 0 Å². The van der Waals surface area contributed by atoms with Gasteiger partial charge in [-0.25, -0.2) is 9.18 Å². The summed E-state index contributed by atoms with van der Waals surface area (Å²) in [5.41, 5.74) is -0.199. The smallest absolute Gasteiger partial charge is 0.331 e. The predicted molar refractivity (Wildman–Crippen MR) is 47.6 cm³/mol. The largest absolute Gasteiger partial charge is 0.508 e. The normalized spacial score (nSPS) is 11.8. The van der Waals surface area contributed by atoms with Crippen LogP contribution in [0.1, 0.15) is 11.6 Å². The van der Waals surface area contributed by atoms with Crippen LogP contribution in [-0.2, 0) is 9.59 Å². The highest BCUT2D eigenvalue weighted by Crippen LogP contribution is 2.24. The molecule has 3 N–H and O–H groups in total. The van der Waals surface area contributed by atoms with E-state index in [0.29, 0.717) is 0 Å². The van der Waals surface area contributed by atoms with Crippen molar-refractivity contribution in [2.75, 3.05) is 0 Å². The molecule has 1 aromatic rings. The zero-order valence-corrected chi connectivity index (χ0v) is 7.48. The van der Waals surface area contributed by atoms with E-state index in [4.69, 9.17) is 5.11 Å². The topological polar surface area (TPSA) is 86.6 Å². The summed E-state index contributed by atoms with van der Waals surface area (Å²) in [5.74, 6) is -2.47. The van der Waals surface area contributed by atoms with Gasteiger partial charge in [-0.2, -0.15) is 0 Å². The molecule has 15 heavy (non-hydrogen) atoms.